The number of thioether (sulfide) groups is 1. The van der Waals surface area contributed by atoms with Gasteiger partial charge in [0.25, 0.3) is 0 Å². The second-order valence-corrected chi connectivity index (χ2v) is 9.65. The van der Waals surface area contributed by atoms with Gasteiger partial charge < -0.3 is 14.8 Å². The molecule has 0 amide bonds. The Morgan fingerprint density at radius 2 is 1.78 bits per heavy atom. The standard InChI is InChI=1S/C28H27F3N2O3S/c1-4-35-27(34)25-22(16-37-18-10-6-5-7-11-18)33-21-14-15-32-26(36-17(2)3)24(21)23(25)19-12-8-9-13-20(19)28(29,30)31/h5-15,17,23,33H,4,16H2,1-3H3. The van der Waals surface area contributed by atoms with Gasteiger partial charge in [0.15, 0.2) is 0 Å². The van der Waals surface area contributed by atoms with Crippen molar-refractivity contribution in [3.05, 3.63) is 94.8 Å². The number of carbonyl (C=O) groups is 1. The molecule has 2 aromatic carbocycles. The zero-order valence-corrected chi connectivity index (χ0v) is 21.5. The second kappa shape index (κ2) is 11.3. The number of nitrogens with one attached hydrogen (secondary N) is 1. The van der Waals surface area contributed by atoms with Crippen LogP contribution in [-0.4, -0.2) is 29.4 Å². The van der Waals surface area contributed by atoms with Crippen molar-refractivity contribution < 1.29 is 27.4 Å². The van der Waals surface area contributed by atoms with Crippen molar-refractivity contribution in [2.45, 2.75) is 43.9 Å². The number of ether oxygens (including phenoxy) is 2. The van der Waals surface area contributed by atoms with Crippen LogP contribution in [-0.2, 0) is 15.7 Å². The average molecular weight is 529 g/mol. The van der Waals surface area contributed by atoms with Crippen LogP contribution in [0.3, 0.4) is 0 Å². The number of hydrogen-bond donors (Lipinski definition) is 1. The van der Waals surface area contributed by atoms with E-state index in [2.05, 4.69) is 10.3 Å². The largest absolute Gasteiger partial charge is 0.475 e. The number of halogens is 3. The fraction of sp³-hybridized carbons (Fsp3) is 0.286. The van der Waals surface area contributed by atoms with Crippen LogP contribution < -0.4 is 10.1 Å². The highest BCUT2D eigenvalue weighted by Crippen LogP contribution is 2.49. The molecule has 1 atom stereocenters. The molecule has 3 aromatic rings. The van der Waals surface area contributed by atoms with Crippen molar-refractivity contribution in [1.29, 1.82) is 0 Å². The van der Waals surface area contributed by atoms with E-state index in [0.717, 1.165) is 11.0 Å². The number of carbonyl (C=O) groups excluding carboxylic acids is 1. The summed E-state index contributed by atoms with van der Waals surface area (Å²) in [5, 5.41) is 3.28. The maximum atomic E-state index is 14.2. The first-order chi connectivity index (χ1) is 17.7. The molecule has 9 heteroatoms. The van der Waals surface area contributed by atoms with Crippen LogP contribution in [0.5, 0.6) is 5.88 Å². The average Bonchev–Trinajstić information content (AvgIpc) is 2.86. The van der Waals surface area contributed by atoms with Crippen molar-refractivity contribution in [1.82, 2.24) is 4.98 Å². The number of fused-ring (bicyclic) bond motifs is 1. The molecule has 4 rings (SSSR count). The first kappa shape index (κ1) is 26.6. The minimum absolute atomic E-state index is 0.0652. The molecule has 0 saturated carbocycles. The van der Waals surface area contributed by atoms with Gasteiger partial charge >= 0.3 is 12.1 Å². The van der Waals surface area contributed by atoms with Crippen LogP contribution >= 0.6 is 11.8 Å². The Hall–Kier alpha value is -3.46. The quantitative estimate of drug-likeness (QED) is 0.250. The summed E-state index contributed by atoms with van der Waals surface area (Å²) < 4.78 is 54.0. The Balaban J connectivity index is 1.96. The van der Waals surface area contributed by atoms with Crippen LogP contribution in [0.2, 0.25) is 0 Å². The van der Waals surface area contributed by atoms with E-state index in [0.29, 0.717) is 22.7 Å². The number of hydrogen-bond acceptors (Lipinski definition) is 6. The summed E-state index contributed by atoms with van der Waals surface area (Å²) in [5.41, 5.74) is 0.585. The first-order valence-corrected chi connectivity index (χ1v) is 12.9. The Morgan fingerprint density at radius 1 is 1.08 bits per heavy atom. The van der Waals surface area contributed by atoms with Crippen molar-refractivity contribution in [3.63, 3.8) is 0 Å². The number of esters is 1. The van der Waals surface area contributed by atoms with Gasteiger partial charge in [-0.15, -0.1) is 11.8 Å². The summed E-state index contributed by atoms with van der Waals surface area (Å²) >= 11 is 1.47. The summed E-state index contributed by atoms with van der Waals surface area (Å²) in [6.07, 6.45) is -3.39. The molecule has 0 saturated heterocycles. The van der Waals surface area contributed by atoms with Crippen molar-refractivity contribution >= 4 is 23.4 Å². The number of nitrogens with zero attached hydrogens (tertiary/aromatic N) is 1. The van der Waals surface area contributed by atoms with Gasteiger partial charge in [-0.2, -0.15) is 13.2 Å². The van der Waals surface area contributed by atoms with Crippen LogP contribution in [0, 0.1) is 0 Å². The molecular formula is C28H27F3N2O3S. The molecule has 5 nitrogen and oxygen atoms in total. The van der Waals surface area contributed by atoms with Crippen molar-refractivity contribution in [2.75, 3.05) is 17.7 Å². The Morgan fingerprint density at radius 3 is 2.46 bits per heavy atom. The zero-order chi connectivity index (χ0) is 26.6. The van der Waals surface area contributed by atoms with E-state index in [1.807, 2.05) is 30.3 Å². The van der Waals surface area contributed by atoms with Gasteiger partial charge in [0.05, 0.1) is 29.8 Å². The topological polar surface area (TPSA) is 60.5 Å². The predicted molar refractivity (Wildman–Crippen MR) is 138 cm³/mol. The minimum atomic E-state index is -4.64. The van der Waals surface area contributed by atoms with Crippen molar-refractivity contribution in [3.8, 4) is 5.88 Å². The molecule has 0 aliphatic carbocycles. The number of alkyl halides is 3. The number of benzene rings is 2. The second-order valence-electron chi connectivity index (χ2n) is 8.60. The summed E-state index contributed by atoms with van der Waals surface area (Å²) in [7, 11) is 0. The van der Waals surface area contributed by atoms with E-state index in [4.69, 9.17) is 9.47 Å². The highest BCUT2D eigenvalue weighted by molar-refractivity contribution is 7.99. The van der Waals surface area contributed by atoms with Gasteiger partial charge in [0.1, 0.15) is 0 Å². The molecule has 0 bridgehead atoms. The van der Waals surface area contributed by atoms with E-state index in [1.54, 1.807) is 26.8 Å². The molecule has 37 heavy (non-hydrogen) atoms. The van der Waals surface area contributed by atoms with Gasteiger partial charge in [0.2, 0.25) is 5.88 Å². The fourth-order valence-electron chi connectivity index (χ4n) is 4.26. The number of pyridine rings is 1. The lowest BCUT2D eigenvalue weighted by molar-refractivity contribution is -0.140. The molecule has 2 heterocycles. The summed E-state index contributed by atoms with van der Waals surface area (Å²) in [4.78, 5) is 18.7. The van der Waals surface area contributed by atoms with E-state index in [1.165, 1.54) is 36.2 Å². The first-order valence-electron chi connectivity index (χ1n) is 11.9. The van der Waals surface area contributed by atoms with Crippen LogP contribution in [0.25, 0.3) is 0 Å². The van der Waals surface area contributed by atoms with Gasteiger partial charge in [-0.05, 0) is 50.6 Å². The predicted octanol–water partition coefficient (Wildman–Crippen LogP) is 7.05. The molecule has 0 radical (unpaired) electrons. The van der Waals surface area contributed by atoms with Gasteiger partial charge in [-0.1, -0.05) is 36.4 Å². The molecular weight excluding hydrogens is 501 g/mol. The molecule has 1 N–H and O–H groups in total. The molecule has 1 aliphatic heterocycles. The normalized spacial score (nSPS) is 15.3. The Bertz CT molecular complexity index is 1290. The number of rotatable bonds is 8. The molecule has 1 aliphatic rings. The SMILES string of the molecule is CCOC(=O)C1=C(CSc2ccccc2)Nc2ccnc(OC(C)C)c2C1c1ccccc1C(F)(F)F. The Labute approximate surface area is 218 Å². The summed E-state index contributed by atoms with van der Waals surface area (Å²) in [6, 6.07) is 16.5. The lowest BCUT2D eigenvalue weighted by atomic mass is 9.79. The third kappa shape index (κ3) is 5.93. The van der Waals surface area contributed by atoms with Crippen molar-refractivity contribution in [2.24, 2.45) is 0 Å². The molecule has 1 aromatic heterocycles. The van der Waals surface area contributed by atoms with Crippen LogP contribution in [0.15, 0.2) is 83.0 Å². The molecule has 1 unspecified atom stereocenters. The number of anilines is 1. The fourth-order valence-corrected chi connectivity index (χ4v) is 5.15. The minimum Gasteiger partial charge on any atom is -0.475 e. The van der Waals surface area contributed by atoms with Crippen LogP contribution in [0.1, 0.15) is 43.4 Å². The number of aromatic nitrogens is 1. The lowest BCUT2D eigenvalue weighted by Gasteiger charge is -2.33. The maximum absolute atomic E-state index is 14.2. The van der Waals surface area contributed by atoms with E-state index < -0.39 is 23.6 Å². The summed E-state index contributed by atoms with van der Waals surface area (Å²) in [5.74, 6) is -1.32. The molecule has 194 valence electrons. The monoisotopic (exact) mass is 528 g/mol. The highest BCUT2D eigenvalue weighted by Gasteiger charge is 2.42. The lowest BCUT2D eigenvalue weighted by Crippen LogP contribution is -2.29. The van der Waals surface area contributed by atoms with Crippen LogP contribution in [0.4, 0.5) is 18.9 Å². The zero-order valence-electron chi connectivity index (χ0n) is 20.6. The van der Waals surface area contributed by atoms with Gasteiger partial charge in [-0.25, -0.2) is 9.78 Å². The summed E-state index contributed by atoms with van der Waals surface area (Å²) in [6.45, 7) is 5.35. The van der Waals surface area contributed by atoms with E-state index in [-0.39, 0.29) is 29.7 Å². The smallest absolute Gasteiger partial charge is 0.416 e. The van der Waals surface area contributed by atoms with E-state index in [9.17, 15) is 18.0 Å². The Kier molecular flexibility index (Phi) is 8.12. The third-order valence-electron chi connectivity index (χ3n) is 5.69. The van der Waals surface area contributed by atoms with Gasteiger partial charge in [0, 0.05) is 33.8 Å². The maximum Gasteiger partial charge on any atom is 0.416 e. The molecule has 0 spiro atoms. The van der Waals surface area contributed by atoms with E-state index >= 15 is 0 Å². The molecule has 0 fully saturated rings. The highest BCUT2D eigenvalue weighted by atomic mass is 32.2. The van der Waals surface area contributed by atoms with Gasteiger partial charge in [-0.3, -0.25) is 0 Å². The third-order valence-corrected chi connectivity index (χ3v) is 6.73.